The number of carbonyl (C=O) groups excluding carboxylic acids is 1. The Morgan fingerprint density at radius 2 is 2.00 bits per heavy atom. The topological polar surface area (TPSA) is 43.8 Å². The van der Waals surface area contributed by atoms with Crippen molar-refractivity contribution in [3.8, 4) is 0 Å². The Bertz CT molecular complexity index is 482. The van der Waals surface area contributed by atoms with Gasteiger partial charge in [-0.15, -0.1) is 0 Å². The van der Waals surface area contributed by atoms with Gasteiger partial charge in [0.05, 0.1) is 13.2 Å². The van der Waals surface area contributed by atoms with Gasteiger partial charge in [0.1, 0.15) is 0 Å². The van der Waals surface area contributed by atoms with E-state index in [-0.39, 0.29) is 24.1 Å². The third kappa shape index (κ3) is 4.31. The molecule has 1 amide bonds. The van der Waals surface area contributed by atoms with Gasteiger partial charge in [0.25, 0.3) is 0 Å². The summed E-state index contributed by atoms with van der Waals surface area (Å²) < 4.78 is 0. The third-order valence-electron chi connectivity index (χ3n) is 4.34. The van der Waals surface area contributed by atoms with Gasteiger partial charge in [-0.05, 0) is 45.7 Å². The number of rotatable bonds is 5. The minimum atomic E-state index is -0.221. The van der Waals surface area contributed by atoms with Gasteiger partial charge in [-0.3, -0.25) is 9.69 Å². The second-order valence-electron chi connectivity index (χ2n) is 7.09. The molecule has 1 N–H and O–H groups in total. The fourth-order valence-electron chi connectivity index (χ4n) is 3.03. The summed E-state index contributed by atoms with van der Waals surface area (Å²) in [5.41, 5.74) is 0.923. The van der Waals surface area contributed by atoms with Crippen molar-refractivity contribution in [3.63, 3.8) is 0 Å². The van der Waals surface area contributed by atoms with Crippen molar-refractivity contribution in [2.75, 3.05) is 19.7 Å². The van der Waals surface area contributed by atoms with E-state index >= 15 is 0 Å². The van der Waals surface area contributed by atoms with Crippen LogP contribution in [-0.2, 0) is 11.3 Å². The molecule has 4 nitrogen and oxygen atoms in total. The van der Waals surface area contributed by atoms with Crippen LogP contribution in [-0.4, -0.2) is 52.1 Å². The normalized spacial score (nSPS) is 19.4. The van der Waals surface area contributed by atoms with Crippen LogP contribution in [0.5, 0.6) is 0 Å². The minimum Gasteiger partial charge on any atom is -0.395 e. The fourth-order valence-corrected chi connectivity index (χ4v) is 3.03. The number of benzene rings is 1. The second kappa shape index (κ2) is 7.25. The van der Waals surface area contributed by atoms with Gasteiger partial charge in [-0.25, -0.2) is 0 Å². The van der Waals surface area contributed by atoms with Crippen molar-refractivity contribution in [1.82, 2.24) is 9.80 Å². The second-order valence-corrected chi connectivity index (χ2v) is 7.09. The number of hydrogen-bond donors (Lipinski definition) is 1. The molecule has 0 aliphatic carbocycles. The Kier molecular flexibility index (Phi) is 5.59. The Labute approximate surface area is 133 Å². The van der Waals surface area contributed by atoms with Crippen LogP contribution in [0.25, 0.3) is 0 Å². The lowest BCUT2D eigenvalue weighted by atomic mass is 10.0. The Morgan fingerprint density at radius 1 is 1.32 bits per heavy atom. The Morgan fingerprint density at radius 3 is 2.59 bits per heavy atom. The SMILES string of the molecule is CC(C)(C)N(Cc1ccccc1)C(=O)CN1CCCC1CO. The van der Waals surface area contributed by atoms with E-state index in [2.05, 4.69) is 37.8 Å². The first-order chi connectivity index (χ1) is 10.4. The van der Waals surface area contributed by atoms with Gasteiger partial charge in [-0.2, -0.15) is 0 Å². The minimum absolute atomic E-state index is 0.136. The molecule has 0 spiro atoms. The van der Waals surface area contributed by atoms with Gasteiger partial charge < -0.3 is 10.0 Å². The molecule has 2 rings (SSSR count). The molecule has 0 bridgehead atoms. The average molecular weight is 304 g/mol. The Balaban J connectivity index is 2.07. The molecule has 122 valence electrons. The summed E-state index contributed by atoms with van der Waals surface area (Å²) in [6.07, 6.45) is 2.05. The largest absolute Gasteiger partial charge is 0.395 e. The molecule has 1 aliphatic heterocycles. The van der Waals surface area contributed by atoms with Crippen LogP contribution in [0.15, 0.2) is 30.3 Å². The highest BCUT2D eigenvalue weighted by atomic mass is 16.3. The van der Waals surface area contributed by atoms with Gasteiger partial charge in [0, 0.05) is 18.1 Å². The van der Waals surface area contributed by atoms with Crippen LogP contribution < -0.4 is 0 Å². The zero-order chi connectivity index (χ0) is 16.2. The van der Waals surface area contributed by atoms with Crippen LogP contribution in [0.3, 0.4) is 0 Å². The number of nitrogens with zero attached hydrogens (tertiary/aromatic N) is 2. The number of aliphatic hydroxyl groups excluding tert-OH is 1. The third-order valence-corrected chi connectivity index (χ3v) is 4.34. The molecule has 1 aliphatic rings. The lowest BCUT2D eigenvalue weighted by molar-refractivity contribution is -0.138. The van der Waals surface area contributed by atoms with E-state index in [0.717, 1.165) is 24.9 Å². The smallest absolute Gasteiger partial charge is 0.237 e. The van der Waals surface area contributed by atoms with Crippen LogP contribution in [0.2, 0.25) is 0 Å². The summed E-state index contributed by atoms with van der Waals surface area (Å²) in [6, 6.07) is 10.2. The summed E-state index contributed by atoms with van der Waals surface area (Å²) in [7, 11) is 0. The number of carbonyl (C=O) groups is 1. The summed E-state index contributed by atoms with van der Waals surface area (Å²) in [6.45, 7) is 8.28. The standard InChI is InChI=1S/C18H28N2O2/c1-18(2,3)20(12-15-8-5-4-6-9-15)17(22)13-19-11-7-10-16(19)14-21/h4-6,8-9,16,21H,7,10-14H2,1-3H3. The molecule has 1 fully saturated rings. The van der Waals surface area contributed by atoms with E-state index in [1.807, 2.05) is 23.1 Å². The van der Waals surface area contributed by atoms with Crippen molar-refractivity contribution in [3.05, 3.63) is 35.9 Å². The lowest BCUT2D eigenvalue weighted by Gasteiger charge is -2.37. The van der Waals surface area contributed by atoms with E-state index in [1.165, 1.54) is 0 Å². The zero-order valence-electron chi connectivity index (χ0n) is 14.0. The van der Waals surface area contributed by atoms with E-state index < -0.39 is 0 Å². The highest BCUT2D eigenvalue weighted by Gasteiger charge is 2.31. The maximum atomic E-state index is 12.8. The maximum absolute atomic E-state index is 12.8. The summed E-state index contributed by atoms with van der Waals surface area (Å²) in [5.74, 6) is 0.136. The first-order valence-corrected chi connectivity index (χ1v) is 8.11. The van der Waals surface area contributed by atoms with E-state index in [1.54, 1.807) is 0 Å². The molecule has 0 saturated carbocycles. The van der Waals surface area contributed by atoms with Crippen molar-refractivity contribution >= 4 is 5.91 Å². The van der Waals surface area contributed by atoms with Crippen LogP contribution in [0, 0.1) is 0 Å². The highest BCUT2D eigenvalue weighted by Crippen LogP contribution is 2.21. The summed E-state index contributed by atoms with van der Waals surface area (Å²) in [5, 5.41) is 9.42. The molecule has 1 heterocycles. The molecule has 4 heteroatoms. The van der Waals surface area contributed by atoms with E-state index in [4.69, 9.17) is 0 Å². The molecule has 1 atom stereocenters. The first-order valence-electron chi connectivity index (χ1n) is 8.11. The number of amides is 1. The maximum Gasteiger partial charge on any atom is 0.237 e. The average Bonchev–Trinajstić information content (AvgIpc) is 2.91. The molecule has 0 aromatic heterocycles. The predicted molar refractivity (Wildman–Crippen MR) is 88.4 cm³/mol. The van der Waals surface area contributed by atoms with Crippen LogP contribution >= 0.6 is 0 Å². The van der Waals surface area contributed by atoms with Crippen molar-refractivity contribution < 1.29 is 9.90 Å². The Hall–Kier alpha value is -1.39. The quantitative estimate of drug-likeness (QED) is 0.907. The monoisotopic (exact) mass is 304 g/mol. The van der Waals surface area contributed by atoms with Gasteiger partial charge in [0.2, 0.25) is 5.91 Å². The molecule has 1 unspecified atom stereocenters. The molecule has 1 aromatic carbocycles. The van der Waals surface area contributed by atoms with Crippen molar-refractivity contribution in [2.45, 2.75) is 51.7 Å². The van der Waals surface area contributed by atoms with E-state index in [0.29, 0.717) is 13.1 Å². The van der Waals surface area contributed by atoms with Crippen molar-refractivity contribution in [1.29, 1.82) is 0 Å². The van der Waals surface area contributed by atoms with Crippen LogP contribution in [0.4, 0.5) is 0 Å². The zero-order valence-corrected chi connectivity index (χ0v) is 14.0. The van der Waals surface area contributed by atoms with Gasteiger partial charge in [-0.1, -0.05) is 30.3 Å². The van der Waals surface area contributed by atoms with Gasteiger partial charge in [0.15, 0.2) is 0 Å². The van der Waals surface area contributed by atoms with E-state index in [9.17, 15) is 9.90 Å². The lowest BCUT2D eigenvalue weighted by Crippen LogP contribution is -2.50. The molecule has 1 saturated heterocycles. The van der Waals surface area contributed by atoms with Crippen molar-refractivity contribution in [2.24, 2.45) is 0 Å². The summed E-state index contributed by atoms with van der Waals surface area (Å²) in [4.78, 5) is 16.9. The highest BCUT2D eigenvalue weighted by molar-refractivity contribution is 5.79. The molecular weight excluding hydrogens is 276 g/mol. The number of aliphatic hydroxyl groups is 1. The predicted octanol–water partition coefficient (Wildman–Crippen LogP) is 2.27. The molecular formula is C18H28N2O2. The van der Waals surface area contributed by atoms with Crippen LogP contribution in [0.1, 0.15) is 39.2 Å². The first kappa shape index (κ1) is 17.0. The van der Waals surface area contributed by atoms with Gasteiger partial charge >= 0.3 is 0 Å². The molecule has 22 heavy (non-hydrogen) atoms. The summed E-state index contributed by atoms with van der Waals surface area (Å²) >= 11 is 0. The molecule has 1 aromatic rings. The number of likely N-dealkylation sites (tertiary alicyclic amines) is 1. The number of hydrogen-bond acceptors (Lipinski definition) is 3. The fraction of sp³-hybridized carbons (Fsp3) is 0.611. The molecule has 0 radical (unpaired) electrons.